The molecule has 0 radical (unpaired) electrons. The summed E-state index contributed by atoms with van der Waals surface area (Å²) >= 11 is 7.33. The minimum Gasteiger partial charge on any atom is -0.258 e. The Kier molecular flexibility index (Phi) is 3.17. The van der Waals surface area contributed by atoms with Crippen LogP contribution in [0.3, 0.4) is 0 Å². The Bertz CT molecular complexity index is 354. The average molecular weight is 218 g/mol. The molecule has 3 nitrogen and oxygen atoms in total. The highest BCUT2D eigenvalue weighted by Crippen LogP contribution is 2.32. The zero-order valence-electron chi connectivity index (χ0n) is 7.20. The van der Waals surface area contributed by atoms with Crippen LogP contribution in [0.5, 0.6) is 0 Å². The maximum absolute atomic E-state index is 10.5. The molecule has 0 aliphatic heterocycles. The second kappa shape index (κ2) is 3.98. The highest BCUT2D eigenvalue weighted by molar-refractivity contribution is 7.98. The van der Waals surface area contributed by atoms with E-state index in [2.05, 4.69) is 0 Å². The summed E-state index contributed by atoms with van der Waals surface area (Å²) < 4.78 is 0. The maximum Gasteiger partial charge on any atom is 0.270 e. The summed E-state index contributed by atoms with van der Waals surface area (Å²) in [5, 5.41) is 11.1. The molecule has 0 saturated carbocycles. The molecular weight excluding hydrogens is 210 g/mol. The molecule has 0 saturated heterocycles. The monoisotopic (exact) mass is 217 g/mol. The van der Waals surface area contributed by atoms with Crippen molar-refractivity contribution in [2.24, 2.45) is 0 Å². The highest BCUT2D eigenvalue weighted by Gasteiger charge is 2.11. The Hall–Kier alpha value is -0.740. The SMILES string of the molecule is CSc1cc([N+](=O)[O-])cc(C)c1Cl. The van der Waals surface area contributed by atoms with Gasteiger partial charge in [0, 0.05) is 17.0 Å². The Labute approximate surface area is 85.2 Å². The molecule has 70 valence electrons. The first-order valence-electron chi connectivity index (χ1n) is 3.54. The molecule has 0 N–H and O–H groups in total. The van der Waals surface area contributed by atoms with Crippen molar-refractivity contribution in [3.63, 3.8) is 0 Å². The lowest BCUT2D eigenvalue weighted by Crippen LogP contribution is -1.90. The summed E-state index contributed by atoms with van der Waals surface area (Å²) in [6.45, 7) is 1.76. The lowest BCUT2D eigenvalue weighted by molar-refractivity contribution is -0.385. The number of benzene rings is 1. The van der Waals surface area contributed by atoms with Crippen LogP contribution in [0.4, 0.5) is 5.69 Å². The molecule has 0 unspecified atom stereocenters. The summed E-state index contributed by atoms with van der Waals surface area (Å²) in [6, 6.07) is 2.96. The predicted octanol–water partition coefficient (Wildman–Crippen LogP) is 3.28. The third-order valence-electron chi connectivity index (χ3n) is 1.64. The molecule has 0 amide bonds. The van der Waals surface area contributed by atoms with Gasteiger partial charge in [-0.15, -0.1) is 11.8 Å². The molecular formula is C8H8ClNO2S. The molecule has 0 aromatic heterocycles. The summed E-state index contributed by atoms with van der Waals surface area (Å²) in [5.41, 5.74) is 0.825. The number of thioether (sulfide) groups is 1. The van der Waals surface area contributed by atoms with Gasteiger partial charge in [0.25, 0.3) is 5.69 Å². The van der Waals surface area contributed by atoms with Crippen molar-refractivity contribution in [3.05, 3.63) is 32.8 Å². The van der Waals surface area contributed by atoms with Gasteiger partial charge in [0.15, 0.2) is 0 Å². The Balaban J connectivity index is 3.30. The van der Waals surface area contributed by atoms with Crippen molar-refractivity contribution in [1.29, 1.82) is 0 Å². The minimum atomic E-state index is -0.414. The van der Waals surface area contributed by atoms with E-state index in [-0.39, 0.29) is 5.69 Å². The van der Waals surface area contributed by atoms with E-state index < -0.39 is 4.92 Å². The Morgan fingerprint density at radius 1 is 1.54 bits per heavy atom. The Morgan fingerprint density at radius 3 is 2.62 bits per heavy atom. The number of hydrogen-bond donors (Lipinski definition) is 0. The first-order chi connectivity index (χ1) is 6.06. The number of rotatable bonds is 2. The molecule has 0 aliphatic carbocycles. The third kappa shape index (κ3) is 2.14. The van der Waals surface area contributed by atoms with Crippen molar-refractivity contribution < 1.29 is 4.92 Å². The standard InChI is InChI=1S/C8H8ClNO2S/c1-5-3-6(10(11)12)4-7(13-2)8(5)9/h3-4H,1-2H3. The lowest BCUT2D eigenvalue weighted by atomic mass is 10.2. The smallest absolute Gasteiger partial charge is 0.258 e. The molecule has 1 aromatic rings. The van der Waals surface area contributed by atoms with Gasteiger partial charge < -0.3 is 0 Å². The highest BCUT2D eigenvalue weighted by atomic mass is 35.5. The maximum atomic E-state index is 10.5. The van der Waals surface area contributed by atoms with E-state index in [1.54, 1.807) is 6.92 Å². The van der Waals surface area contributed by atoms with Gasteiger partial charge in [-0.3, -0.25) is 10.1 Å². The van der Waals surface area contributed by atoms with Crippen molar-refractivity contribution in [3.8, 4) is 0 Å². The van der Waals surface area contributed by atoms with Crippen molar-refractivity contribution in [1.82, 2.24) is 0 Å². The quantitative estimate of drug-likeness (QED) is 0.434. The molecule has 0 aliphatic rings. The van der Waals surface area contributed by atoms with Crippen LogP contribution in [0.25, 0.3) is 0 Å². The fraction of sp³-hybridized carbons (Fsp3) is 0.250. The Morgan fingerprint density at radius 2 is 2.15 bits per heavy atom. The van der Waals surface area contributed by atoms with Crippen LogP contribution in [0, 0.1) is 17.0 Å². The van der Waals surface area contributed by atoms with Gasteiger partial charge >= 0.3 is 0 Å². The number of aryl methyl sites for hydroxylation is 1. The van der Waals surface area contributed by atoms with Gasteiger partial charge in [-0.2, -0.15) is 0 Å². The van der Waals surface area contributed by atoms with E-state index in [0.717, 1.165) is 10.5 Å². The second-order valence-corrected chi connectivity index (χ2v) is 3.76. The summed E-state index contributed by atoms with van der Waals surface area (Å²) in [7, 11) is 0. The molecule has 5 heteroatoms. The minimum absolute atomic E-state index is 0.0891. The van der Waals surface area contributed by atoms with Gasteiger partial charge in [0.1, 0.15) is 0 Å². The van der Waals surface area contributed by atoms with E-state index in [9.17, 15) is 10.1 Å². The molecule has 1 aromatic carbocycles. The second-order valence-electron chi connectivity index (χ2n) is 2.54. The molecule has 0 fully saturated rings. The fourth-order valence-corrected chi connectivity index (χ4v) is 1.89. The van der Waals surface area contributed by atoms with Crippen LogP contribution in [0.2, 0.25) is 5.02 Å². The van der Waals surface area contributed by atoms with Gasteiger partial charge in [-0.1, -0.05) is 11.6 Å². The first kappa shape index (κ1) is 10.3. The summed E-state index contributed by atoms with van der Waals surface area (Å²) in [5.74, 6) is 0. The molecule has 1 rings (SSSR count). The van der Waals surface area contributed by atoms with Gasteiger partial charge in [-0.25, -0.2) is 0 Å². The van der Waals surface area contributed by atoms with Crippen LogP contribution >= 0.6 is 23.4 Å². The van der Waals surface area contributed by atoms with Crippen molar-refractivity contribution >= 4 is 29.1 Å². The van der Waals surface area contributed by atoms with Crippen LogP contribution < -0.4 is 0 Å². The fourth-order valence-electron chi connectivity index (χ4n) is 0.973. The van der Waals surface area contributed by atoms with E-state index in [1.807, 2.05) is 6.26 Å². The molecule has 0 atom stereocenters. The largest absolute Gasteiger partial charge is 0.270 e. The van der Waals surface area contributed by atoms with E-state index in [0.29, 0.717) is 5.02 Å². The number of non-ortho nitro benzene ring substituents is 1. The number of nitro groups is 1. The number of halogens is 1. The predicted molar refractivity (Wildman–Crippen MR) is 54.6 cm³/mol. The third-order valence-corrected chi connectivity index (χ3v) is 3.01. The molecule has 13 heavy (non-hydrogen) atoms. The number of nitro benzene ring substituents is 1. The summed E-state index contributed by atoms with van der Waals surface area (Å²) in [6.07, 6.45) is 1.84. The zero-order chi connectivity index (χ0) is 10.0. The summed E-state index contributed by atoms with van der Waals surface area (Å²) in [4.78, 5) is 10.8. The van der Waals surface area contributed by atoms with Gasteiger partial charge in [0.05, 0.1) is 9.95 Å². The van der Waals surface area contributed by atoms with Crippen LogP contribution in [-0.2, 0) is 0 Å². The van der Waals surface area contributed by atoms with Crippen molar-refractivity contribution in [2.45, 2.75) is 11.8 Å². The van der Waals surface area contributed by atoms with E-state index in [1.165, 1.54) is 23.9 Å². The van der Waals surface area contributed by atoms with E-state index in [4.69, 9.17) is 11.6 Å². The lowest BCUT2D eigenvalue weighted by Gasteiger charge is -2.03. The van der Waals surface area contributed by atoms with Gasteiger partial charge in [0.2, 0.25) is 0 Å². The molecule has 0 heterocycles. The average Bonchev–Trinajstić information content (AvgIpc) is 2.09. The van der Waals surface area contributed by atoms with Crippen LogP contribution in [0.1, 0.15) is 5.56 Å². The molecule has 0 bridgehead atoms. The van der Waals surface area contributed by atoms with E-state index >= 15 is 0 Å². The zero-order valence-corrected chi connectivity index (χ0v) is 8.78. The topological polar surface area (TPSA) is 43.1 Å². The van der Waals surface area contributed by atoms with Crippen LogP contribution in [-0.4, -0.2) is 11.2 Å². The first-order valence-corrected chi connectivity index (χ1v) is 5.15. The van der Waals surface area contributed by atoms with Gasteiger partial charge in [-0.05, 0) is 18.7 Å². The number of nitrogens with zero attached hydrogens (tertiary/aromatic N) is 1. The van der Waals surface area contributed by atoms with Crippen LogP contribution in [0.15, 0.2) is 17.0 Å². The normalized spacial score (nSPS) is 10.1. The van der Waals surface area contributed by atoms with Crippen molar-refractivity contribution in [2.75, 3.05) is 6.26 Å². The molecule has 0 spiro atoms. The number of hydrogen-bond acceptors (Lipinski definition) is 3.